The Hall–Kier alpha value is -3.39. The molecule has 0 fully saturated rings. The molecule has 3 aliphatic rings. The van der Waals surface area contributed by atoms with E-state index in [1.165, 1.54) is 17.8 Å². The van der Waals surface area contributed by atoms with E-state index < -0.39 is 12.4 Å². The molecule has 0 aliphatic carbocycles. The van der Waals surface area contributed by atoms with Crippen molar-refractivity contribution in [2.45, 2.75) is 36.0 Å². The molecular formula is C25H22F6N2O4S2. The third-order valence-corrected chi connectivity index (χ3v) is 6.85. The van der Waals surface area contributed by atoms with E-state index in [1.54, 1.807) is 31.0 Å². The summed E-state index contributed by atoms with van der Waals surface area (Å²) in [7, 11) is 3.29. The summed E-state index contributed by atoms with van der Waals surface area (Å²) in [5.41, 5.74) is 1.83. The molecular weight excluding hydrogens is 570 g/mol. The number of hydrogen-bond acceptors (Lipinski definition) is 8. The summed E-state index contributed by atoms with van der Waals surface area (Å²) in [6.45, 7) is 0.375. The van der Waals surface area contributed by atoms with Gasteiger partial charge in [0.15, 0.2) is 0 Å². The molecule has 210 valence electrons. The summed E-state index contributed by atoms with van der Waals surface area (Å²) >= 11 is 3.11. The highest BCUT2D eigenvalue weighted by Crippen LogP contribution is 2.54. The van der Waals surface area contributed by atoms with Gasteiger partial charge in [-0.3, -0.25) is 9.69 Å². The number of fused-ring (bicyclic) bond motifs is 4. The molecule has 2 aromatic rings. The molecule has 0 atom stereocenters. The van der Waals surface area contributed by atoms with E-state index in [0.29, 0.717) is 5.88 Å². The van der Waals surface area contributed by atoms with Gasteiger partial charge in [0.25, 0.3) is 0 Å². The van der Waals surface area contributed by atoms with Gasteiger partial charge in [-0.1, -0.05) is 29.6 Å². The van der Waals surface area contributed by atoms with Gasteiger partial charge in [0.1, 0.15) is 22.8 Å². The molecule has 5 rings (SSSR count). The van der Waals surface area contributed by atoms with Crippen LogP contribution in [0.2, 0.25) is 0 Å². The molecule has 3 aliphatic heterocycles. The highest BCUT2D eigenvalue weighted by atomic mass is 32.2. The lowest BCUT2D eigenvalue weighted by Gasteiger charge is -2.30. The maximum atomic E-state index is 11.2. The zero-order chi connectivity index (χ0) is 29.0. The largest absolute Gasteiger partial charge is 0.497 e. The molecule has 6 nitrogen and oxygen atoms in total. The van der Waals surface area contributed by atoms with Gasteiger partial charge in [0, 0.05) is 37.0 Å². The number of benzene rings is 2. The molecule has 0 N–H and O–H groups in total. The Kier molecular flexibility index (Phi) is 9.43. The molecule has 14 heteroatoms. The standard InChI is InChI=1S/C21H16N2O4S2.2C2H3F3/c1-25-13-6-7-17-15(12-13)22(19(28-17)10-11-24)18-8-9-20-23(27-18)14-4-3-5-16(26-2)21(14)29-20;2*1-2(3,4)5/h3-12H,1-2H3;2*1H3/b19-10+;;. The predicted octanol–water partition coefficient (Wildman–Crippen LogP) is 8.03. The zero-order valence-corrected chi connectivity index (χ0v) is 22.5. The Bertz CT molecular complexity index is 1280. The lowest BCUT2D eigenvalue weighted by atomic mass is 10.2. The fourth-order valence-electron chi connectivity index (χ4n) is 3.33. The molecule has 0 amide bonds. The van der Waals surface area contributed by atoms with Crippen molar-refractivity contribution in [3.05, 3.63) is 70.6 Å². The Morgan fingerprint density at radius 3 is 2.15 bits per heavy atom. The number of hydrogen-bond donors (Lipinski definition) is 0. The van der Waals surface area contributed by atoms with E-state index in [0.717, 1.165) is 49.0 Å². The number of thioether (sulfide) groups is 2. The molecule has 0 saturated carbocycles. The second-order valence-electron chi connectivity index (χ2n) is 7.78. The number of rotatable bonds is 4. The van der Waals surface area contributed by atoms with Gasteiger partial charge in [0.05, 0.1) is 35.5 Å². The van der Waals surface area contributed by atoms with Crippen molar-refractivity contribution in [3.63, 3.8) is 0 Å². The number of halogens is 6. The van der Waals surface area contributed by atoms with Crippen LogP contribution in [0.4, 0.5) is 37.7 Å². The van der Waals surface area contributed by atoms with E-state index in [2.05, 4.69) is 0 Å². The first kappa shape index (κ1) is 30.2. The molecule has 2 aromatic carbocycles. The normalized spacial score (nSPS) is 16.3. The summed E-state index contributed by atoms with van der Waals surface area (Å²) in [5, 5.41) is 3.51. The van der Waals surface area contributed by atoms with Gasteiger partial charge in [-0.05, 0) is 30.3 Å². The maximum Gasteiger partial charge on any atom is 0.386 e. The van der Waals surface area contributed by atoms with Crippen LogP contribution in [-0.2, 0) is 9.63 Å². The summed E-state index contributed by atoms with van der Waals surface area (Å²) in [4.78, 5) is 21.5. The van der Waals surface area contributed by atoms with Gasteiger partial charge < -0.3 is 14.3 Å². The minimum Gasteiger partial charge on any atom is -0.497 e. The average Bonchev–Trinajstić information content (AvgIpc) is 3.39. The van der Waals surface area contributed by atoms with Crippen molar-refractivity contribution in [3.8, 4) is 11.5 Å². The fourth-order valence-corrected chi connectivity index (χ4v) is 5.42. The van der Waals surface area contributed by atoms with Gasteiger partial charge in [-0.2, -0.15) is 31.4 Å². The minimum absolute atomic E-state index is 0.188. The molecule has 0 radical (unpaired) electrons. The number of carbonyl (C=O) groups is 1. The maximum absolute atomic E-state index is 11.2. The van der Waals surface area contributed by atoms with Crippen molar-refractivity contribution < 1.29 is 45.4 Å². The number of ether oxygens (including phenoxy) is 2. The zero-order valence-electron chi connectivity index (χ0n) is 20.9. The summed E-state index contributed by atoms with van der Waals surface area (Å²) < 4.78 is 73.0. The van der Waals surface area contributed by atoms with Crippen LogP contribution < -0.4 is 19.4 Å². The molecule has 0 aromatic heterocycles. The van der Waals surface area contributed by atoms with Gasteiger partial charge in [0.2, 0.25) is 5.88 Å². The first-order chi connectivity index (χ1) is 18.2. The fraction of sp³-hybridized carbons (Fsp3) is 0.240. The van der Waals surface area contributed by atoms with Crippen LogP contribution in [0.3, 0.4) is 0 Å². The lowest BCUT2D eigenvalue weighted by molar-refractivity contribution is -0.111. The van der Waals surface area contributed by atoms with E-state index in [4.69, 9.17) is 14.3 Å². The van der Waals surface area contributed by atoms with Crippen LogP contribution in [0.15, 0.2) is 80.4 Å². The predicted molar refractivity (Wildman–Crippen MR) is 138 cm³/mol. The number of aldehydes is 1. The number of carbonyl (C=O) groups excluding carboxylic acids is 1. The molecule has 0 bridgehead atoms. The lowest BCUT2D eigenvalue weighted by Crippen LogP contribution is -2.29. The van der Waals surface area contributed by atoms with Crippen LogP contribution in [0.1, 0.15) is 13.8 Å². The van der Waals surface area contributed by atoms with E-state index in [-0.39, 0.29) is 13.8 Å². The molecule has 39 heavy (non-hydrogen) atoms. The highest BCUT2D eigenvalue weighted by Gasteiger charge is 2.36. The summed E-state index contributed by atoms with van der Waals surface area (Å²) in [5.74, 6) is 2.14. The Morgan fingerprint density at radius 2 is 1.56 bits per heavy atom. The smallest absolute Gasteiger partial charge is 0.386 e. The summed E-state index contributed by atoms with van der Waals surface area (Å²) in [6, 6.07) is 11.7. The average molecular weight is 593 g/mol. The highest BCUT2D eigenvalue weighted by molar-refractivity contribution is 8.04. The third-order valence-electron chi connectivity index (χ3n) is 4.63. The number of hydroxylamine groups is 1. The van der Waals surface area contributed by atoms with Crippen molar-refractivity contribution in [1.29, 1.82) is 0 Å². The van der Waals surface area contributed by atoms with Gasteiger partial charge in [-0.15, -0.1) is 0 Å². The van der Waals surface area contributed by atoms with Crippen molar-refractivity contribution >= 4 is 41.2 Å². The summed E-state index contributed by atoms with van der Waals surface area (Å²) in [6.07, 6.45) is -1.76. The van der Waals surface area contributed by atoms with Crippen LogP contribution >= 0.6 is 23.5 Å². The van der Waals surface area contributed by atoms with E-state index in [9.17, 15) is 31.1 Å². The van der Waals surface area contributed by atoms with Gasteiger partial charge in [-0.25, -0.2) is 0 Å². The second kappa shape index (κ2) is 12.2. The third kappa shape index (κ3) is 8.05. The number of anilines is 2. The number of methoxy groups -OCH3 is 2. The second-order valence-corrected chi connectivity index (χ2v) is 9.87. The van der Waals surface area contributed by atoms with Crippen LogP contribution in [0.25, 0.3) is 0 Å². The van der Waals surface area contributed by atoms with Crippen molar-refractivity contribution in [2.75, 3.05) is 24.2 Å². The molecule has 0 unspecified atom stereocenters. The molecule has 3 heterocycles. The van der Waals surface area contributed by atoms with Crippen LogP contribution in [0.5, 0.6) is 11.5 Å². The number of allylic oxidation sites excluding steroid dienone is 3. The number of alkyl halides is 6. The minimum atomic E-state index is -4.00. The SMILES string of the molecule is CC(F)(F)F.CC(F)(F)F.COc1ccc2c(c1)N(C1=CC=C3Sc4c(OC)cccc4N3O1)/C(=C\C=O)S2. The van der Waals surface area contributed by atoms with Crippen molar-refractivity contribution in [2.24, 2.45) is 0 Å². The van der Waals surface area contributed by atoms with E-state index >= 15 is 0 Å². The van der Waals surface area contributed by atoms with Crippen LogP contribution in [-0.4, -0.2) is 32.9 Å². The Labute approximate surface area is 228 Å². The van der Waals surface area contributed by atoms with Crippen LogP contribution in [0, 0.1) is 0 Å². The molecule has 0 saturated heterocycles. The first-order valence-electron chi connectivity index (χ1n) is 10.9. The quantitative estimate of drug-likeness (QED) is 0.201. The Morgan fingerprint density at radius 1 is 0.897 bits per heavy atom. The van der Waals surface area contributed by atoms with Crippen molar-refractivity contribution in [1.82, 2.24) is 0 Å². The number of nitrogens with zero attached hydrogens (tertiary/aromatic N) is 2. The molecule has 0 spiro atoms. The Balaban J connectivity index is 0.000000362. The van der Waals surface area contributed by atoms with E-state index in [1.807, 2.05) is 53.5 Å². The monoisotopic (exact) mass is 592 g/mol. The van der Waals surface area contributed by atoms with Gasteiger partial charge >= 0.3 is 12.4 Å². The topological polar surface area (TPSA) is 51.2 Å². The first-order valence-corrected chi connectivity index (χ1v) is 12.6.